The van der Waals surface area contributed by atoms with Crippen LogP contribution in [0.3, 0.4) is 0 Å². The van der Waals surface area contributed by atoms with Crippen LogP contribution < -0.4 is 10.6 Å². The number of thioether (sulfide) groups is 1. The number of carboxylic acid groups (broad SMARTS) is 1. The van der Waals surface area contributed by atoms with E-state index in [1.165, 1.54) is 0 Å². The highest BCUT2D eigenvalue weighted by Crippen LogP contribution is 2.25. The molecule has 6 rings (SSSR count). The molecular formula is C34H30N4O7S. The minimum atomic E-state index is -0.906. The van der Waals surface area contributed by atoms with E-state index in [1.807, 2.05) is 72.8 Å². The predicted molar refractivity (Wildman–Crippen MR) is 172 cm³/mol. The van der Waals surface area contributed by atoms with Gasteiger partial charge in [-0.1, -0.05) is 60.3 Å². The fourth-order valence-corrected chi connectivity index (χ4v) is 5.42. The van der Waals surface area contributed by atoms with Crippen molar-refractivity contribution in [1.29, 1.82) is 0 Å². The van der Waals surface area contributed by atoms with Crippen LogP contribution in [0.4, 0.5) is 10.5 Å². The van der Waals surface area contributed by atoms with Gasteiger partial charge < -0.3 is 19.3 Å². The van der Waals surface area contributed by atoms with Crippen LogP contribution >= 0.6 is 11.8 Å². The first kappa shape index (κ1) is 31.9. The van der Waals surface area contributed by atoms with E-state index in [9.17, 15) is 19.2 Å². The Hall–Kier alpha value is -5.49. The Morgan fingerprint density at radius 3 is 1.80 bits per heavy atom. The molecule has 1 saturated heterocycles. The average molecular weight is 639 g/mol. The van der Waals surface area contributed by atoms with Crippen LogP contribution in [0.25, 0.3) is 22.9 Å². The van der Waals surface area contributed by atoms with Gasteiger partial charge in [0.15, 0.2) is 0 Å². The van der Waals surface area contributed by atoms with E-state index in [1.54, 1.807) is 26.0 Å². The summed E-state index contributed by atoms with van der Waals surface area (Å²) in [6.07, 6.45) is 0.448. The second-order valence-corrected chi connectivity index (χ2v) is 11.5. The maximum absolute atomic E-state index is 12.4. The number of carbonyl (C=O) groups is 4. The van der Waals surface area contributed by atoms with Gasteiger partial charge in [-0.3, -0.25) is 24.5 Å². The molecule has 1 fully saturated rings. The van der Waals surface area contributed by atoms with Gasteiger partial charge in [-0.2, -0.15) is 0 Å². The lowest BCUT2D eigenvalue weighted by Crippen LogP contribution is -2.25. The van der Waals surface area contributed by atoms with Gasteiger partial charge in [-0.25, -0.2) is 9.97 Å². The number of nitrogens with zero attached hydrogens (tertiary/aromatic N) is 2. The number of aliphatic carboxylic acids is 1. The molecule has 0 saturated carbocycles. The number of hydrogen-bond donors (Lipinski definition) is 3. The molecule has 2 aromatic heterocycles. The summed E-state index contributed by atoms with van der Waals surface area (Å²) < 4.78 is 11.1. The number of carboxylic acids is 1. The van der Waals surface area contributed by atoms with Gasteiger partial charge in [0.05, 0.1) is 29.5 Å². The molecule has 1 aliphatic heterocycles. The smallest absolute Gasteiger partial charge is 0.309 e. The summed E-state index contributed by atoms with van der Waals surface area (Å²) in [7, 11) is 0. The van der Waals surface area contributed by atoms with Gasteiger partial charge in [0.1, 0.15) is 11.5 Å². The number of rotatable bonds is 9. The SMILES string of the molecule is Cc1oc(-c2ccccc2)nc1CC(=O)Nc1ccc(CC2SC(=O)NC2=O)cc1.Cc1oc(-c2ccccc2)nc1CC(=O)O. The third kappa shape index (κ3) is 8.36. The maximum atomic E-state index is 12.4. The molecule has 3 N–H and O–H groups in total. The largest absolute Gasteiger partial charge is 0.481 e. The number of imide groups is 1. The van der Waals surface area contributed by atoms with Crippen molar-refractivity contribution < 1.29 is 33.1 Å². The van der Waals surface area contributed by atoms with Crippen LogP contribution in [-0.4, -0.2) is 43.3 Å². The summed E-state index contributed by atoms with van der Waals surface area (Å²) in [6, 6.07) is 26.2. The molecule has 11 nitrogen and oxygen atoms in total. The number of amides is 3. The fourth-order valence-electron chi connectivity index (χ4n) is 4.56. The van der Waals surface area contributed by atoms with Crippen LogP contribution in [0.2, 0.25) is 0 Å². The number of oxazole rings is 2. The van der Waals surface area contributed by atoms with Gasteiger partial charge in [-0.15, -0.1) is 0 Å². The third-order valence-electron chi connectivity index (χ3n) is 6.90. The number of hydrogen-bond acceptors (Lipinski definition) is 9. The highest BCUT2D eigenvalue weighted by molar-refractivity contribution is 8.15. The number of aryl methyl sites for hydroxylation is 2. The highest BCUT2D eigenvalue weighted by atomic mass is 32.2. The van der Waals surface area contributed by atoms with Crippen molar-refractivity contribution in [3.63, 3.8) is 0 Å². The summed E-state index contributed by atoms with van der Waals surface area (Å²) in [5, 5.41) is 13.1. The number of carbonyl (C=O) groups excluding carboxylic acids is 3. The molecule has 1 unspecified atom stereocenters. The van der Waals surface area contributed by atoms with Gasteiger partial charge >= 0.3 is 5.97 Å². The number of benzene rings is 3. The van der Waals surface area contributed by atoms with Crippen molar-refractivity contribution >= 4 is 40.5 Å². The normalized spacial score (nSPS) is 13.9. The maximum Gasteiger partial charge on any atom is 0.309 e. The molecule has 3 heterocycles. The molecule has 3 amide bonds. The molecule has 0 aliphatic carbocycles. The average Bonchev–Trinajstić information content (AvgIpc) is 3.70. The Kier molecular flexibility index (Phi) is 10.1. The van der Waals surface area contributed by atoms with Gasteiger partial charge in [-0.05, 0) is 62.2 Å². The number of aromatic nitrogens is 2. The zero-order valence-electron chi connectivity index (χ0n) is 25.0. The summed E-state index contributed by atoms with van der Waals surface area (Å²) >= 11 is 1.00. The standard InChI is InChI=1S/C22H19N3O4S.C12H11NO3/c1-13-17(24-21(29-13)15-5-3-2-4-6-15)12-19(26)23-16-9-7-14(8-10-16)11-18-20(27)25-22(28)30-18;1-8-10(7-11(14)15)13-12(16-8)9-5-3-2-4-6-9/h2-10,18H,11-12H2,1H3,(H,23,26)(H,25,27,28);2-6H,7H2,1H3,(H,14,15). The van der Waals surface area contributed by atoms with E-state index >= 15 is 0 Å². The highest BCUT2D eigenvalue weighted by Gasteiger charge is 2.31. The second-order valence-electron chi connectivity index (χ2n) is 10.4. The van der Waals surface area contributed by atoms with Gasteiger partial charge in [0, 0.05) is 16.8 Å². The van der Waals surface area contributed by atoms with Crippen LogP contribution in [0.1, 0.15) is 28.5 Å². The summed E-state index contributed by atoms with van der Waals surface area (Å²) in [5.74, 6) is 0.760. The first-order chi connectivity index (χ1) is 22.1. The van der Waals surface area contributed by atoms with E-state index in [0.717, 1.165) is 28.5 Å². The zero-order valence-corrected chi connectivity index (χ0v) is 25.8. The van der Waals surface area contributed by atoms with E-state index in [4.69, 9.17) is 13.9 Å². The second kappa shape index (κ2) is 14.5. The zero-order chi connectivity index (χ0) is 32.6. The van der Waals surface area contributed by atoms with Gasteiger partial charge in [0.2, 0.25) is 23.6 Å². The van der Waals surface area contributed by atoms with E-state index in [-0.39, 0.29) is 29.9 Å². The quantitative estimate of drug-likeness (QED) is 0.174. The first-order valence-electron chi connectivity index (χ1n) is 14.3. The van der Waals surface area contributed by atoms with Crippen LogP contribution in [-0.2, 0) is 33.6 Å². The molecule has 12 heteroatoms. The number of anilines is 1. The Bertz CT molecular complexity index is 1850. The molecular weight excluding hydrogens is 608 g/mol. The monoisotopic (exact) mass is 638 g/mol. The fraction of sp³-hybridized carbons (Fsp3) is 0.176. The minimum absolute atomic E-state index is 0.102. The van der Waals surface area contributed by atoms with Crippen LogP contribution in [0.15, 0.2) is 93.8 Å². The molecule has 234 valence electrons. The molecule has 3 aromatic carbocycles. The molecule has 0 spiro atoms. The van der Waals surface area contributed by atoms with Gasteiger partial charge in [0.25, 0.3) is 5.24 Å². The first-order valence-corrected chi connectivity index (χ1v) is 15.2. The van der Waals surface area contributed by atoms with Crippen LogP contribution in [0, 0.1) is 13.8 Å². The Labute approximate surface area is 268 Å². The molecule has 0 radical (unpaired) electrons. The van der Waals surface area contributed by atoms with Crippen LogP contribution in [0.5, 0.6) is 0 Å². The lowest BCUT2D eigenvalue weighted by Gasteiger charge is -2.08. The van der Waals surface area contributed by atoms with Crippen molar-refractivity contribution in [3.8, 4) is 22.9 Å². The predicted octanol–water partition coefficient (Wildman–Crippen LogP) is 6.00. The Balaban J connectivity index is 0.000000219. The van der Waals surface area contributed by atoms with E-state index < -0.39 is 11.2 Å². The lowest BCUT2D eigenvalue weighted by molar-refractivity contribution is -0.136. The molecule has 1 aliphatic rings. The van der Waals surface area contributed by atoms with Crippen molar-refractivity contribution in [3.05, 3.63) is 113 Å². The Morgan fingerprint density at radius 2 is 1.33 bits per heavy atom. The summed E-state index contributed by atoms with van der Waals surface area (Å²) in [4.78, 5) is 54.6. The number of nitrogens with one attached hydrogen (secondary N) is 2. The molecule has 5 aromatic rings. The lowest BCUT2D eigenvalue weighted by atomic mass is 10.1. The van der Waals surface area contributed by atoms with Crippen molar-refractivity contribution in [2.75, 3.05) is 5.32 Å². The van der Waals surface area contributed by atoms with Crippen molar-refractivity contribution in [2.24, 2.45) is 0 Å². The van der Waals surface area contributed by atoms with Crippen molar-refractivity contribution in [2.45, 2.75) is 38.4 Å². The van der Waals surface area contributed by atoms with Crippen molar-refractivity contribution in [1.82, 2.24) is 15.3 Å². The van der Waals surface area contributed by atoms with E-state index in [2.05, 4.69) is 20.6 Å². The molecule has 0 bridgehead atoms. The Morgan fingerprint density at radius 1 is 0.804 bits per heavy atom. The molecule has 46 heavy (non-hydrogen) atoms. The van der Waals surface area contributed by atoms with E-state index in [0.29, 0.717) is 46.8 Å². The summed E-state index contributed by atoms with van der Waals surface area (Å²) in [6.45, 7) is 3.51. The third-order valence-corrected chi connectivity index (χ3v) is 7.88. The summed E-state index contributed by atoms with van der Waals surface area (Å²) in [5.41, 5.74) is 4.34. The topological polar surface area (TPSA) is 165 Å². The minimum Gasteiger partial charge on any atom is -0.481 e. The molecule has 1 atom stereocenters.